The van der Waals surface area contributed by atoms with Crippen molar-refractivity contribution in [2.75, 3.05) is 12.3 Å². The summed E-state index contributed by atoms with van der Waals surface area (Å²) in [5, 5.41) is 0.103. The highest BCUT2D eigenvalue weighted by molar-refractivity contribution is 7.99. The molecule has 3 nitrogen and oxygen atoms in total. The molecule has 1 amide bonds. The molecule has 1 heterocycles. The Morgan fingerprint density at radius 1 is 1.18 bits per heavy atom. The van der Waals surface area contributed by atoms with E-state index >= 15 is 0 Å². The average Bonchev–Trinajstić information content (AvgIpc) is 3.05. The SMILES string of the molecule is CCC(=O)N1CCSC1c1cccc(Oc2ccccc2)c1. The summed E-state index contributed by atoms with van der Waals surface area (Å²) in [5.41, 5.74) is 1.12. The van der Waals surface area contributed by atoms with Gasteiger partial charge >= 0.3 is 0 Å². The molecule has 2 aromatic carbocycles. The molecular weight excluding hydrogens is 294 g/mol. The van der Waals surface area contributed by atoms with E-state index in [9.17, 15) is 4.79 Å². The molecular formula is C18H19NO2S. The van der Waals surface area contributed by atoms with Crippen molar-refractivity contribution in [2.45, 2.75) is 18.7 Å². The summed E-state index contributed by atoms with van der Waals surface area (Å²) < 4.78 is 5.89. The van der Waals surface area contributed by atoms with Crippen LogP contribution in [0.2, 0.25) is 0 Å². The van der Waals surface area contributed by atoms with Crippen LogP contribution >= 0.6 is 11.8 Å². The Labute approximate surface area is 135 Å². The number of benzene rings is 2. The molecule has 0 spiro atoms. The third-order valence-corrected chi connectivity index (χ3v) is 4.90. The normalized spacial score (nSPS) is 17.5. The second kappa shape index (κ2) is 6.88. The number of thioether (sulfide) groups is 1. The van der Waals surface area contributed by atoms with Crippen molar-refractivity contribution in [1.29, 1.82) is 0 Å². The van der Waals surface area contributed by atoms with E-state index in [0.717, 1.165) is 29.4 Å². The van der Waals surface area contributed by atoms with Gasteiger partial charge in [0.1, 0.15) is 16.9 Å². The first-order valence-corrected chi connectivity index (χ1v) is 8.56. The van der Waals surface area contributed by atoms with Crippen LogP contribution < -0.4 is 4.74 Å². The number of hydrogen-bond donors (Lipinski definition) is 0. The maximum absolute atomic E-state index is 12.1. The molecule has 0 aliphatic carbocycles. The van der Waals surface area contributed by atoms with Crippen molar-refractivity contribution in [2.24, 2.45) is 0 Å². The van der Waals surface area contributed by atoms with Gasteiger partial charge in [-0.3, -0.25) is 4.79 Å². The molecule has 3 rings (SSSR count). The molecule has 1 unspecified atom stereocenters. The summed E-state index contributed by atoms with van der Waals surface area (Å²) in [4.78, 5) is 14.0. The summed E-state index contributed by atoms with van der Waals surface area (Å²) in [6.07, 6.45) is 0.553. The first-order valence-electron chi connectivity index (χ1n) is 7.52. The van der Waals surface area contributed by atoms with Crippen LogP contribution in [0.1, 0.15) is 24.3 Å². The van der Waals surface area contributed by atoms with Crippen LogP contribution in [-0.4, -0.2) is 23.1 Å². The van der Waals surface area contributed by atoms with Gasteiger partial charge in [0.2, 0.25) is 5.91 Å². The van der Waals surface area contributed by atoms with Crippen molar-refractivity contribution in [1.82, 2.24) is 4.90 Å². The number of para-hydroxylation sites is 1. The molecule has 22 heavy (non-hydrogen) atoms. The summed E-state index contributed by atoms with van der Waals surface area (Å²) >= 11 is 1.81. The second-order valence-corrected chi connectivity index (χ2v) is 6.34. The number of carbonyl (C=O) groups is 1. The molecule has 4 heteroatoms. The van der Waals surface area contributed by atoms with Gasteiger partial charge in [0.15, 0.2) is 0 Å². The van der Waals surface area contributed by atoms with E-state index in [1.54, 1.807) is 0 Å². The third kappa shape index (κ3) is 3.28. The van der Waals surface area contributed by atoms with Crippen molar-refractivity contribution < 1.29 is 9.53 Å². The summed E-state index contributed by atoms with van der Waals surface area (Å²) in [7, 11) is 0. The van der Waals surface area contributed by atoms with Gasteiger partial charge in [-0.05, 0) is 29.8 Å². The van der Waals surface area contributed by atoms with E-state index in [0.29, 0.717) is 6.42 Å². The highest BCUT2D eigenvalue weighted by Gasteiger charge is 2.29. The minimum Gasteiger partial charge on any atom is -0.457 e. The Morgan fingerprint density at radius 2 is 1.95 bits per heavy atom. The summed E-state index contributed by atoms with van der Waals surface area (Å²) in [6, 6.07) is 17.8. The molecule has 0 bridgehead atoms. The highest BCUT2D eigenvalue weighted by atomic mass is 32.2. The second-order valence-electron chi connectivity index (χ2n) is 5.15. The van der Waals surface area contributed by atoms with Crippen LogP contribution in [0, 0.1) is 0 Å². The average molecular weight is 313 g/mol. The predicted molar refractivity (Wildman–Crippen MR) is 90.2 cm³/mol. The van der Waals surface area contributed by atoms with Gasteiger partial charge in [0.25, 0.3) is 0 Å². The quantitative estimate of drug-likeness (QED) is 0.834. The Bertz CT molecular complexity index is 645. The molecule has 1 saturated heterocycles. The van der Waals surface area contributed by atoms with Crippen LogP contribution in [0.5, 0.6) is 11.5 Å². The van der Waals surface area contributed by atoms with E-state index in [-0.39, 0.29) is 11.3 Å². The van der Waals surface area contributed by atoms with Gasteiger partial charge in [0.05, 0.1) is 0 Å². The molecule has 0 N–H and O–H groups in total. The van der Waals surface area contributed by atoms with Gasteiger partial charge in [0, 0.05) is 18.7 Å². The minimum atomic E-state index is 0.103. The molecule has 1 aliphatic heterocycles. The number of ether oxygens (including phenoxy) is 1. The lowest BCUT2D eigenvalue weighted by Crippen LogP contribution is -2.29. The summed E-state index contributed by atoms with van der Waals surface area (Å²) in [6.45, 7) is 2.74. The molecule has 0 saturated carbocycles. The fourth-order valence-corrected chi connectivity index (χ4v) is 3.83. The Balaban J connectivity index is 1.80. The van der Waals surface area contributed by atoms with E-state index in [1.807, 2.05) is 72.1 Å². The monoisotopic (exact) mass is 313 g/mol. The lowest BCUT2D eigenvalue weighted by atomic mass is 10.2. The van der Waals surface area contributed by atoms with Gasteiger partial charge < -0.3 is 9.64 Å². The van der Waals surface area contributed by atoms with Crippen LogP contribution in [-0.2, 0) is 4.79 Å². The minimum absolute atomic E-state index is 0.103. The Morgan fingerprint density at radius 3 is 2.73 bits per heavy atom. The zero-order valence-electron chi connectivity index (χ0n) is 12.6. The maximum Gasteiger partial charge on any atom is 0.223 e. The number of nitrogens with zero attached hydrogens (tertiary/aromatic N) is 1. The number of amides is 1. The zero-order chi connectivity index (χ0) is 15.4. The molecule has 0 radical (unpaired) electrons. The van der Waals surface area contributed by atoms with Gasteiger partial charge in [-0.1, -0.05) is 37.3 Å². The van der Waals surface area contributed by atoms with Crippen molar-refractivity contribution in [3.05, 3.63) is 60.2 Å². The topological polar surface area (TPSA) is 29.5 Å². The fraction of sp³-hybridized carbons (Fsp3) is 0.278. The number of carbonyl (C=O) groups excluding carboxylic acids is 1. The standard InChI is InChI=1S/C18H19NO2S/c1-2-17(20)19-11-12-22-18(19)14-7-6-10-16(13-14)21-15-8-4-3-5-9-15/h3-10,13,18H,2,11-12H2,1H3. The molecule has 0 aromatic heterocycles. The smallest absolute Gasteiger partial charge is 0.223 e. The third-order valence-electron chi connectivity index (χ3n) is 3.64. The fourth-order valence-electron chi connectivity index (χ4n) is 2.56. The van der Waals surface area contributed by atoms with Crippen LogP contribution in [0.3, 0.4) is 0 Å². The lowest BCUT2D eigenvalue weighted by molar-refractivity contribution is -0.131. The van der Waals surface area contributed by atoms with Crippen LogP contribution in [0.25, 0.3) is 0 Å². The van der Waals surface area contributed by atoms with E-state index in [2.05, 4.69) is 6.07 Å². The molecule has 1 aliphatic rings. The van der Waals surface area contributed by atoms with E-state index in [1.165, 1.54) is 0 Å². The largest absolute Gasteiger partial charge is 0.457 e. The van der Waals surface area contributed by atoms with Crippen LogP contribution in [0.15, 0.2) is 54.6 Å². The van der Waals surface area contributed by atoms with Crippen LogP contribution in [0.4, 0.5) is 0 Å². The first kappa shape index (κ1) is 15.0. The van der Waals surface area contributed by atoms with Gasteiger partial charge in [-0.2, -0.15) is 0 Å². The lowest BCUT2D eigenvalue weighted by Gasteiger charge is -2.24. The van der Waals surface area contributed by atoms with E-state index in [4.69, 9.17) is 4.74 Å². The van der Waals surface area contributed by atoms with Gasteiger partial charge in [-0.15, -0.1) is 11.8 Å². The molecule has 1 fully saturated rings. The molecule has 114 valence electrons. The molecule has 1 atom stereocenters. The highest BCUT2D eigenvalue weighted by Crippen LogP contribution is 2.39. The van der Waals surface area contributed by atoms with Crippen molar-refractivity contribution >= 4 is 17.7 Å². The number of rotatable bonds is 4. The maximum atomic E-state index is 12.1. The first-order chi connectivity index (χ1) is 10.8. The zero-order valence-corrected chi connectivity index (χ0v) is 13.4. The molecule has 2 aromatic rings. The predicted octanol–water partition coefficient (Wildman–Crippen LogP) is 4.46. The van der Waals surface area contributed by atoms with Gasteiger partial charge in [-0.25, -0.2) is 0 Å². The Kier molecular flexibility index (Phi) is 4.68. The Hall–Kier alpha value is -1.94. The van der Waals surface area contributed by atoms with Crippen molar-refractivity contribution in [3.8, 4) is 11.5 Å². The summed E-state index contributed by atoms with van der Waals surface area (Å²) in [5.74, 6) is 2.82. The van der Waals surface area contributed by atoms with Crippen molar-refractivity contribution in [3.63, 3.8) is 0 Å². The van der Waals surface area contributed by atoms with E-state index < -0.39 is 0 Å². The number of hydrogen-bond acceptors (Lipinski definition) is 3.